The van der Waals surface area contributed by atoms with Crippen LogP contribution in [0, 0.1) is 0 Å². The number of rotatable bonds is 8. The van der Waals surface area contributed by atoms with Gasteiger partial charge in [0.25, 0.3) is 5.91 Å². The summed E-state index contributed by atoms with van der Waals surface area (Å²) in [5, 5.41) is 2.90. The zero-order valence-electron chi connectivity index (χ0n) is 17.8. The summed E-state index contributed by atoms with van der Waals surface area (Å²) in [6.07, 6.45) is 3.79. The van der Waals surface area contributed by atoms with Crippen LogP contribution in [0.3, 0.4) is 0 Å². The van der Waals surface area contributed by atoms with Crippen LogP contribution in [-0.2, 0) is 27.1 Å². The van der Waals surface area contributed by atoms with Gasteiger partial charge in [-0.05, 0) is 56.4 Å². The molecule has 8 nitrogen and oxygen atoms in total. The Bertz CT molecular complexity index is 985. The fourth-order valence-electron chi connectivity index (χ4n) is 3.67. The van der Waals surface area contributed by atoms with Crippen LogP contribution in [0.15, 0.2) is 47.1 Å². The zero-order valence-corrected chi connectivity index (χ0v) is 18.7. The molecule has 1 atom stereocenters. The topological polar surface area (TPSA) is 109 Å². The number of amides is 2. The number of furan rings is 1. The van der Waals surface area contributed by atoms with Crippen molar-refractivity contribution in [3.05, 3.63) is 59.5 Å². The summed E-state index contributed by atoms with van der Waals surface area (Å²) >= 11 is 0. The van der Waals surface area contributed by atoms with E-state index in [1.807, 2.05) is 0 Å². The Morgan fingerprint density at radius 1 is 1.13 bits per heavy atom. The van der Waals surface area contributed by atoms with Gasteiger partial charge in [0.2, 0.25) is 15.9 Å². The van der Waals surface area contributed by atoms with Gasteiger partial charge in [-0.3, -0.25) is 9.59 Å². The lowest BCUT2D eigenvalue weighted by molar-refractivity contribution is -0.126. The highest BCUT2D eigenvalue weighted by Crippen LogP contribution is 2.20. The number of carbonyl (C=O) groups excluding carboxylic acids is 2. The van der Waals surface area contributed by atoms with Crippen LogP contribution in [0.4, 0.5) is 0 Å². The average molecular weight is 448 g/mol. The first-order valence-corrected chi connectivity index (χ1v) is 12.1. The molecule has 1 aliphatic rings. The largest absolute Gasteiger partial charge is 0.459 e. The van der Waals surface area contributed by atoms with Gasteiger partial charge in [-0.25, -0.2) is 13.1 Å². The third-order valence-corrected chi connectivity index (χ3v) is 6.60. The Kier molecular flexibility index (Phi) is 7.50. The Morgan fingerprint density at radius 3 is 2.48 bits per heavy atom. The third-order valence-electron chi connectivity index (χ3n) is 5.06. The number of nitrogens with zero attached hydrogens (tertiary/aromatic N) is 1. The summed E-state index contributed by atoms with van der Waals surface area (Å²) in [6.45, 7) is 4.37. The monoisotopic (exact) mass is 447 g/mol. The molecular weight excluding hydrogens is 418 g/mol. The van der Waals surface area contributed by atoms with Crippen molar-refractivity contribution < 1.29 is 22.4 Å². The van der Waals surface area contributed by atoms with Crippen LogP contribution >= 0.6 is 0 Å². The summed E-state index contributed by atoms with van der Waals surface area (Å²) in [5.74, 6) is -0.334. The summed E-state index contributed by atoms with van der Waals surface area (Å²) < 4.78 is 31.9. The highest BCUT2D eigenvalue weighted by atomic mass is 32.2. The fraction of sp³-hybridized carbons (Fsp3) is 0.455. The van der Waals surface area contributed by atoms with Gasteiger partial charge in [-0.1, -0.05) is 24.3 Å². The van der Waals surface area contributed by atoms with Gasteiger partial charge in [0.05, 0.1) is 12.0 Å². The summed E-state index contributed by atoms with van der Waals surface area (Å²) in [4.78, 5) is 27.0. The predicted octanol–water partition coefficient (Wildman–Crippen LogP) is 2.42. The molecule has 168 valence electrons. The molecule has 1 aliphatic heterocycles. The molecule has 9 heteroatoms. The molecule has 2 amide bonds. The van der Waals surface area contributed by atoms with Crippen LogP contribution in [0.2, 0.25) is 0 Å². The number of likely N-dealkylation sites (tertiary alicyclic amines) is 1. The van der Waals surface area contributed by atoms with Gasteiger partial charge in [-0.2, -0.15) is 0 Å². The first-order chi connectivity index (χ1) is 14.7. The minimum Gasteiger partial charge on any atom is -0.459 e. The van der Waals surface area contributed by atoms with Gasteiger partial charge in [-0.15, -0.1) is 0 Å². The number of hydrogen-bond donors (Lipinski definition) is 2. The van der Waals surface area contributed by atoms with Crippen molar-refractivity contribution in [3.63, 3.8) is 0 Å². The van der Waals surface area contributed by atoms with Crippen LogP contribution < -0.4 is 10.0 Å². The molecule has 2 heterocycles. The first kappa shape index (κ1) is 23.0. The van der Waals surface area contributed by atoms with E-state index in [-0.39, 0.29) is 29.4 Å². The number of hydrogen-bond acceptors (Lipinski definition) is 5. The summed E-state index contributed by atoms with van der Waals surface area (Å²) in [6, 6.07) is 9.66. The van der Waals surface area contributed by atoms with Crippen LogP contribution in [0.5, 0.6) is 0 Å². The maximum atomic E-state index is 12.8. The van der Waals surface area contributed by atoms with E-state index in [0.717, 1.165) is 18.4 Å². The molecule has 2 N–H and O–H groups in total. The van der Waals surface area contributed by atoms with E-state index >= 15 is 0 Å². The lowest BCUT2D eigenvalue weighted by Crippen LogP contribution is -2.51. The summed E-state index contributed by atoms with van der Waals surface area (Å²) in [5.41, 5.74) is 1.52. The lowest BCUT2D eigenvalue weighted by Gasteiger charge is -2.34. The van der Waals surface area contributed by atoms with Crippen LogP contribution in [0.1, 0.15) is 54.8 Å². The molecule has 1 fully saturated rings. The second-order valence-electron chi connectivity index (χ2n) is 8.05. The second-order valence-corrected chi connectivity index (χ2v) is 9.81. The molecule has 31 heavy (non-hydrogen) atoms. The number of sulfonamides is 1. The predicted molar refractivity (Wildman–Crippen MR) is 117 cm³/mol. The number of nitrogens with one attached hydrogen (secondary N) is 2. The highest BCUT2D eigenvalue weighted by Gasteiger charge is 2.33. The van der Waals surface area contributed by atoms with Crippen molar-refractivity contribution in [2.45, 2.75) is 57.5 Å². The van der Waals surface area contributed by atoms with E-state index in [0.29, 0.717) is 25.1 Å². The third kappa shape index (κ3) is 6.41. The average Bonchev–Trinajstić information content (AvgIpc) is 3.26. The maximum absolute atomic E-state index is 12.8. The maximum Gasteiger partial charge on any atom is 0.290 e. The molecule has 1 unspecified atom stereocenters. The smallest absolute Gasteiger partial charge is 0.290 e. The van der Waals surface area contributed by atoms with E-state index in [1.165, 1.54) is 6.26 Å². The standard InChI is InChI=1S/C22H29N3O5S/c1-16(2)24-31(28,29)15-18-10-8-17(9-11-18)14-23-21(26)19-6-3-4-12-25(19)22(27)20-7-5-13-30-20/h5,7-11,13,16,19,24H,3-4,6,12,14-15H2,1-2H3,(H,23,26). The molecule has 1 saturated heterocycles. The SMILES string of the molecule is CC(C)NS(=O)(=O)Cc1ccc(CNC(=O)C2CCCCN2C(=O)c2ccco2)cc1. The van der Waals surface area contributed by atoms with Crippen LogP contribution in [0.25, 0.3) is 0 Å². The molecule has 0 aliphatic carbocycles. The molecule has 1 aromatic heterocycles. The molecular formula is C22H29N3O5S. The van der Waals surface area contributed by atoms with E-state index in [4.69, 9.17) is 4.42 Å². The molecule has 3 rings (SSSR count). The van der Waals surface area contributed by atoms with Gasteiger partial charge >= 0.3 is 0 Å². The fourth-order valence-corrected chi connectivity index (χ4v) is 5.10. The molecule has 0 saturated carbocycles. The second kappa shape index (κ2) is 10.1. The van der Waals surface area contributed by atoms with Gasteiger partial charge in [0.1, 0.15) is 6.04 Å². The Hall–Kier alpha value is -2.65. The normalized spacial score (nSPS) is 17.0. The van der Waals surface area contributed by atoms with Gasteiger partial charge < -0.3 is 14.6 Å². The summed E-state index contributed by atoms with van der Waals surface area (Å²) in [7, 11) is -3.38. The minimum absolute atomic E-state index is 0.0935. The molecule has 1 aromatic carbocycles. The Labute approximate surface area is 183 Å². The van der Waals surface area contributed by atoms with E-state index in [1.54, 1.807) is 55.1 Å². The molecule has 0 bridgehead atoms. The highest BCUT2D eigenvalue weighted by molar-refractivity contribution is 7.88. The number of piperidine rings is 1. The quantitative estimate of drug-likeness (QED) is 0.646. The van der Waals surface area contributed by atoms with Crippen molar-refractivity contribution in [3.8, 4) is 0 Å². The molecule has 0 radical (unpaired) electrons. The Balaban J connectivity index is 1.57. The van der Waals surface area contributed by atoms with Crippen LogP contribution in [-0.4, -0.2) is 43.8 Å². The van der Waals surface area contributed by atoms with Crippen molar-refractivity contribution in [1.29, 1.82) is 0 Å². The minimum atomic E-state index is -3.38. The lowest BCUT2D eigenvalue weighted by atomic mass is 10.0. The van der Waals surface area contributed by atoms with Crippen molar-refractivity contribution in [2.24, 2.45) is 0 Å². The number of carbonyl (C=O) groups is 2. The van der Waals surface area contributed by atoms with Crippen molar-refractivity contribution in [1.82, 2.24) is 14.9 Å². The first-order valence-electron chi connectivity index (χ1n) is 10.4. The molecule has 0 spiro atoms. The van der Waals surface area contributed by atoms with Crippen molar-refractivity contribution >= 4 is 21.8 Å². The van der Waals surface area contributed by atoms with E-state index in [2.05, 4.69) is 10.0 Å². The molecule has 2 aromatic rings. The van der Waals surface area contributed by atoms with Gasteiger partial charge in [0.15, 0.2) is 5.76 Å². The number of benzene rings is 1. The van der Waals surface area contributed by atoms with Crippen molar-refractivity contribution in [2.75, 3.05) is 6.54 Å². The Morgan fingerprint density at radius 2 is 1.84 bits per heavy atom. The van der Waals surface area contributed by atoms with Gasteiger partial charge in [0, 0.05) is 19.1 Å². The van der Waals surface area contributed by atoms with E-state index in [9.17, 15) is 18.0 Å². The van der Waals surface area contributed by atoms with E-state index < -0.39 is 16.1 Å². The zero-order chi connectivity index (χ0) is 22.4.